The van der Waals surface area contributed by atoms with E-state index in [-0.39, 0.29) is 0 Å². The van der Waals surface area contributed by atoms with Gasteiger partial charge in [0.15, 0.2) is 0 Å². The highest BCUT2D eigenvalue weighted by atomic mass is 32.2. The molecule has 0 amide bonds. The quantitative estimate of drug-likeness (QED) is 0.770. The fourth-order valence-corrected chi connectivity index (χ4v) is 4.18. The van der Waals surface area contributed by atoms with Crippen LogP contribution in [0.2, 0.25) is 0 Å². The zero-order chi connectivity index (χ0) is 9.80. The van der Waals surface area contributed by atoms with Crippen LogP contribution >= 0.6 is 11.8 Å². The van der Waals surface area contributed by atoms with Crippen LogP contribution in [0.3, 0.4) is 0 Å². The Morgan fingerprint density at radius 1 is 1.21 bits per heavy atom. The van der Waals surface area contributed by atoms with E-state index >= 15 is 0 Å². The largest absolute Gasteiger partial charge is 0.319 e. The van der Waals surface area contributed by atoms with Crippen molar-refractivity contribution in [3.63, 3.8) is 0 Å². The lowest BCUT2D eigenvalue weighted by Crippen LogP contribution is -2.37. The summed E-state index contributed by atoms with van der Waals surface area (Å²) >= 11 is 2.18. The Morgan fingerprint density at radius 2 is 2.00 bits per heavy atom. The molecule has 0 bridgehead atoms. The second kappa shape index (κ2) is 5.41. The van der Waals surface area contributed by atoms with E-state index in [9.17, 15) is 0 Å². The van der Waals surface area contributed by atoms with Gasteiger partial charge in [0, 0.05) is 0 Å². The lowest BCUT2D eigenvalue weighted by atomic mass is 9.70. The van der Waals surface area contributed by atoms with E-state index < -0.39 is 0 Å². The van der Waals surface area contributed by atoms with E-state index in [4.69, 9.17) is 0 Å². The topological polar surface area (TPSA) is 12.0 Å². The Labute approximate surface area is 92.4 Å². The fraction of sp³-hybridized carbons (Fsp3) is 1.00. The predicted molar refractivity (Wildman–Crippen MR) is 64.8 cm³/mol. The van der Waals surface area contributed by atoms with Crippen molar-refractivity contribution in [2.24, 2.45) is 17.8 Å². The van der Waals surface area contributed by atoms with Gasteiger partial charge in [-0.2, -0.15) is 11.8 Å². The average molecular weight is 213 g/mol. The van der Waals surface area contributed by atoms with E-state index in [1.807, 2.05) is 0 Å². The minimum atomic E-state index is 0.988. The molecule has 1 N–H and O–H groups in total. The smallest absolute Gasteiger partial charge is 0.00179 e. The molecule has 82 valence electrons. The lowest BCUT2D eigenvalue weighted by molar-refractivity contribution is 0.146. The molecule has 2 aliphatic rings. The Morgan fingerprint density at radius 3 is 2.50 bits per heavy atom. The Hall–Kier alpha value is 0.310. The van der Waals surface area contributed by atoms with Gasteiger partial charge in [-0.1, -0.05) is 19.3 Å². The summed E-state index contributed by atoms with van der Waals surface area (Å²) in [4.78, 5) is 0. The van der Waals surface area contributed by atoms with E-state index in [1.54, 1.807) is 0 Å². The molecule has 0 aromatic rings. The van der Waals surface area contributed by atoms with E-state index in [0.29, 0.717) is 0 Å². The molecule has 0 aromatic carbocycles. The summed E-state index contributed by atoms with van der Waals surface area (Å²) in [6, 6.07) is 0. The number of thioether (sulfide) groups is 1. The highest BCUT2D eigenvalue weighted by molar-refractivity contribution is 7.99. The molecule has 0 aromatic heterocycles. The minimum absolute atomic E-state index is 0.988. The molecule has 1 aliphatic heterocycles. The third-order valence-corrected chi connectivity index (χ3v) is 5.24. The molecular formula is C12H23NS. The van der Waals surface area contributed by atoms with Gasteiger partial charge in [-0.25, -0.2) is 0 Å². The zero-order valence-corrected chi connectivity index (χ0v) is 10.1. The number of hydrogen-bond acceptors (Lipinski definition) is 2. The van der Waals surface area contributed by atoms with Crippen molar-refractivity contribution in [3.05, 3.63) is 0 Å². The molecule has 1 heterocycles. The maximum atomic E-state index is 3.40. The van der Waals surface area contributed by atoms with Crippen LogP contribution in [0.25, 0.3) is 0 Å². The summed E-state index contributed by atoms with van der Waals surface area (Å²) in [7, 11) is 2.11. The van der Waals surface area contributed by atoms with E-state index in [1.165, 1.54) is 50.2 Å². The van der Waals surface area contributed by atoms with Gasteiger partial charge in [0.2, 0.25) is 0 Å². The summed E-state index contributed by atoms with van der Waals surface area (Å²) < 4.78 is 0. The van der Waals surface area contributed by atoms with Crippen molar-refractivity contribution in [1.82, 2.24) is 5.32 Å². The maximum absolute atomic E-state index is 3.40. The zero-order valence-electron chi connectivity index (χ0n) is 9.30. The van der Waals surface area contributed by atoms with Gasteiger partial charge in [-0.3, -0.25) is 0 Å². The molecule has 2 unspecified atom stereocenters. The molecule has 2 atom stereocenters. The standard InChI is InChI=1S/C12H23NS/c1-13-8-12(10-4-2-5-10)11-6-3-7-14-9-11/h10-13H,2-9H2,1H3. The number of nitrogens with one attached hydrogen (secondary N) is 1. The molecule has 2 rings (SSSR count). The first-order valence-corrected chi connectivity index (χ1v) is 7.29. The molecule has 1 aliphatic carbocycles. The van der Waals surface area contributed by atoms with Gasteiger partial charge in [0.1, 0.15) is 0 Å². The monoisotopic (exact) mass is 213 g/mol. The third kappa shape index (κ3) is 2.46. The van der Waals surface area contributed by atoms with E-state index in [2.05, 4.69) is 24.1 Å². The van der Waals surface area contributed by atoms with Crippen LogP contribution in [-0.4, -0.2) is 25.1 Å². The lowest BCUT2D eigenvalue weighted by Gasteiger charge is -2.40. The molecule has 1 saturated heterocycles. The Balaban J connectivity index is 1.86. The van der Waals surface area contributed by atoms with Crippen molar-refractivity contribution in [3.8, 4) is 0 Å². The van der Waals surface area contributed by atoms with Gasteiger partial charge in [0.25, 0.3) is 0 Å². The number of hydrogen-bond donors (Lipinski definition) is 1. The normalized spacial score (nSPS) is 31.1. The predicted octanol–water partition coefficient (Wildman–Crippen LogP) is 2.77. The summed E-state index contributed by atoms with van der Waals surface area (Å²) in [5.41, 5.74) is 0. The fourth-order valence-electron chi connectivity index (χ4n) is 2.93. The molecule has 2 fully saturated rings. The van der Waals surface area contributed by atoms with Crippen LogP contribution in [0.1, 0.15) is 32.1 Å². The van der Waals surface area contributed by atoms with Crippen LogP contribution in [0, 0.1) is 17.8 Å². The van der Waals surface area contributed by atoms with Crippen molar-refractivity contribution in [1.29, 1.82) is 0 Å². The van der Waals surface area contributed by atoms with Crippen LogP contribution in [0.4, 0.5) is 0 Å². The SMILES string of the molecule is CNCC(C1CCC1)C1CCCSC1. The first kappa shape index (κ1) is 10.8. The average Bonchev–Trinajstić information content (AvgIpc) is 2.16. The maximum Gasteiger partial charge on any atom is -0.00179 e. The molecule has 2 heteroatoms. The summed E-state index contributed by atoms with van der Waals surface area (Å²) in [5.74, 6) is 5.91. The van der Waals surface area contributed by atoms with Crippen LogP contribution in [-0.2, 0) is 0 Å². The van der Waals surface area contributed by atoms with Crippen molar-refractivity contribution in [2.45, 2.75) is 32.1 Å². The van der Waals surface area contributed by atoms with Gasteiger partial charge < -0.3 is 5.32 Å². The molecule has 1 nitrogen and oxygen atoms in total. The first-order valence-electron chi connectivity index (χ1n) is 6.14. The van der Waals surface area contributed by atoms with Gasteiger partial charge >= 0.3 is 0 Å². The number of rotatable bonds is 4. The molecule has 0 radical (unpaired) electrons. The van der Waals surface area contributed by atoms with E-state index in [0.717, 1.165) is 17.8 Å². The van der Waals surface area contributed by atoms with Crippen LogP contribution in [0.5, 0.6) is 0 Å². The Kier molecular flexibility index (Phi) is 4.18. The van der Waals surface area contributed by atoms with Gasteiger partial charge in [-0.05, 0) is 55.7 Å². The summed E-state index contributed by atoms with van der Waals surface area (Å²) in [6.07, 6.45) is 7.46. The van der Waals surface area contributed by atoms with Gasteiger partial charge in [0.05, 0.1) is 0 Å². The summed E-state index contributed by atoms with van der Waals surface area (Å²) in [6.45, 7) is 1.26. The highest BCUT2D eigenvalue weighted by Crippen LogP contribution is 2.41. The second-order valence-corrected chi connectivity index (χ2v) is 6.04. The molecule has 14 heavy (non-hydrogen) atoms. The minimum Gasteiger partial charge on any atom is -0.319 e. The molecule has 0 spiro atoms. The highest BCUT2D eigenvalue weighted by Gasteiger charge is 2.33. The summed E-state index contributed by atoms with van der Waals surface area (Å²) in [5, 5.41) is 3.40. The third-order valence-electron chi connectivity index (χ3n) is 4.00. The Bertz CT molecular complexity index is 162. The van der Waals surface area contributed by atoms with Gasteiger partial charge in [-0.15, -0.1) is 0 Å². The van der Waals surface area contributed by atoms with Crippen LogP contribution < -0.4 is 5.32 Å². The molecule has 1 saturated carbocycles. The van der Waals surface area contributed by atoms with Crippen molar-refractivity contribution < 1.29 is 0 Å². The van der Waals surface area contributed by atoms with Crippen LogP contribution in [0.15, 0.2) is 0 Å². The van der Waals surface area contributed by atoms with Crippen molar-refractivity contribution in [2.75, 3.05) is 25.1 Å². The second-order valence-electron chi connectivity index (χ2n) is 4.89. The molecular weight excluding hydrogens is 190 g/mol. The van der Waals surface area contributed by atoms with Crippen molar-refractivity contribution >= 4 is 11.8 Å². The first-order chi connectivity index (χ1) is 6.92.